The van der Waals surface area contributed by atoms with Crippen LogP contribution in [-0.4, -0.2) is 22.0 Å². The van der Waals surface area contributed by atoms with Crippen LogP contribution in [0.15, 0.2) is 47.4 Å². The zero-order valence-electron chi connectivity index (χ0n) is 14.6. The lowest BCUT2D eigenvalue weighted by Gasteiger charge is -2.20. The third-order valence-electron chi connectivity index (χ3n) is 4.77. The van der Waals surface area contributed by atoms with Gasteiger partial charge >= 0.3 is 0 Å². The number of nitrogens with two attached hydrogens (primary N) is 1. The molecule has 1 aliphatic rings. The number of fused-ring (bicyclic) bond motifs is 2. The fourth-order valence-electron chi connectivity index (χ4n) is 3.40. The van der Waals surface area contributed by atoms with E-state index in [0.717, 1.165) is 33.4 Å². The molecule has 1 aliphatic heterocycles. The van der Waals surface area contributed by atoms with Crippen molar-refractivity contribution in [1.29, 1.82) is 0 Å². The Morgan fingerprint density at radius 3 is 2.64 bits per heavy atom. The lowest BCUT2D eigenvalue weighted by atomic mass is 9.96. The molecule has 2 aromatic carbocycles. The van der Waals surface area contributed by atoms with Gasteiger partial charge < -0.3 is 5.32 Å². The molecule has 0 radical (unpaired) electrons. The smallest absolute Gasteiger partial charge is 0.264 e. The summed E-state index contributed by atoms with van der Waals surface area (Å²) in [4.78, 5) is 0.426. The van der Waals surface area contributed by atoms with Crippen molar-refractivity contribution in [2.45, 2.75) is 37.1 Å². The number of halogens is 1. The molecule has 0 fully saturated rings. The van der Waals surface area contributed by atoms with Gasteiger partial charge in [0.25, 0.3) is 10.0 Å². The standard InChI is InChI=1S/C19H23IN2O2S/c1-3-4-7-12-21-19-15-8-5-6-9-17(15)22(2)25(23,24)18-13-14(20)10-11-16(18)19/h5-6,8-11,13,19,21H,3-4,7,12H2,1-2H3/p+1. The van der Waals surface area contributed by atoms with Crippen LogP contribution < -0.4 is 9.62 Å². The van der Waals surface area contributed by atoms with Crippen molar-refractivity contribution in [2.24, 2.45) is 0 Å². The highest BCUT2D eigenvalue weighted by Crippen LogP contribution is 2.38. The Labute approximate surface area is 163 Å². The van der Waals surface area contributed by atoms with Crippen LogP contribution >= 0.6 is 22.6 Å². The van der Waals surface area contributed by atoms with Crippen LogP contribution in [0.3, 0.4) is 0 Å². The van der Waals surface area contributed by atoms with E-state index in [1.54, 1.807) is 13.1 Å². The Hall–Kier alpha value is -1.12. The third kappa shape index (κ3) is 3.57. The number of anilines is 1. The summed E-state index contributed by atoms with van der Waals surface area (Å²) >= 11 is 2.18. The van der Waals surface area contributed by atoms with Crippen molar-refractivity contribution in [2.75, 3.05) is 17.9 Å². The average Bonchev–Trinajstić information content (AvgIpc) is 2.67. The summed E-state index contributed by atoms with van der Waals surface area (Å²) < 4.78 is 28.7. The molecule has 0 aliphatic carbocycles. The molecular weight excluding hydrogens is 447 g/mol. The topological polar surface area (TPSA) is 54.0 Å². The molecule has 0 aromatic heterocycles. The first kappa shape index (κ1) is 18.7. The Kier molecular flexibility index (Phi) is 5.70. The predicted octanol–water partition coefficient (Wildman–Crippen LogP) is 3.27. The summed E-state index contributed by atoms with van der Waals surface area (Å²) in [5, 5.41) is 2.29. The minimum Gasteiger partial charge on any atom is -0.336 e. The third-order valence-corrected chi connectivity index (χ3v) is 7.27. The molecule has 2 aromatic rings. The quantitative estimate of drug-likeness (QED) is 0.538. The SMILES string of the molecule is CCCCC[NH2+]C1c2ccccc2N(C)S(=O)(=O)c2cc(I)ccc21. The van der Waals surface area contributed by atoms with E-state index in [1.165, 1.54) is 17.1 Å². The van der Waals surface area contributed by atoms with Crippen molar-refractivity contribution in [3.8, 4) is 0 Å². The summed E-state index contributed by atoms with van der Waals surface area (Å²) in [6.07, 6.45) is 3.51. The number of hydrogen-bond acceptors (Lipinski definition) is 2. The molecule has 25 heavy (non-hydrogen) atoms. The van der Waals surface area contributed by atoms with Gasteiger partial charge in [-0.25, -0.2) is 8.42 Å². The largest absolute Gasteiger partial charge is 0.336 e. The first-order valence-corrected chi connectivity index (χ1v) is 11.2. The lowest BCUT2D eigenvalue weighted by molar-refractivity contribution is -0.687. The summed E-state index contributed by atoms with van der Waals surface area (Å²) in [5.41, 5.74) is 2.71. The van der Waals surface area contributed by atoms with Gasteiger partial charge in [0, 0.05) is 21.7 Å². The summed E-state index contributed by atoms with van der Waals surface area (Å²) in [5.74, 6) is 0. The fraction of sp³-hybridized carbons (Fsp3) is 0.368. The van der Waals surface area contributed by atoms with E-state index >= 15 is 0 Å². The molecule has 1 heterocycles. The highest BCUT2D eigenvalue weighted by atomic mass is 127. The van der Waals surface area contributed by atoms with Crippen molar-refractivity contribution in [3.63, 3.8) is 0 Å². The molecule has 0 saturated heterocycles. The van der Waals surface area contributed by atoms with Crippen molar-refractivity contribution < 1.29 is 13.7 Å². The molecule has 1 unspecified atom stereocenters. The molecule has 6 heteroatoms. The second-order valence-corrected chi connectivity index (χ2v) is 9.61. The predicted molar refractivity (Wildman–Crippen MR) is 109 cm³/mol. The van der Waals surface area contributed by atoms with E-state index in [-0.39, 0.29) is 6.04 Å². The van der Waals surface area contributed by atoms with Gasteiger partial charge in [0.2, 0.25) is 0 Å². The van der Waals surface area contributed by atoms with Gasteiger partial charge in [-0.3, -0.25) is 4.31 Å². The highest BCUT2D eigenvalue weighted by molar-refractivity contribution is 14.1. The van der Waals surface area contributed by atoms with Gasteiger partial charge in [0.1, 0.15) is 6.04 Å². The Balaban J connectivity index is 2.15. The van der Waals surface area contributed by atoms with Crippen LogP contribution in [0.25, 0.3) is 0 Å². The second kappa shape index (κ2) is 7.63. The van der Waals surface area contributed by atoms with Crippen LogP contribution in [0.1, 0.15) is 43.4 Å². The fourth-order valence-corrected chi connectivity index (χ4v) is 5.59. The first-order valence-electron chi connectivity index (χ1n) is 8.67. The number of unbranched alkanes of at least 4 members (excludes halogenated alkanes) is 2. The minimum absolute atomic E-state index is 0.000203. The molecule has 3 rings (SSSR count). The molecule has 0 spiro atoms. The van der Waals surface area contributed by atoms with Crippen LogP contribution in [0, 0.1) is 3.57 Å². The maximum absolute atomic E-state index is 13.2. The second-order valence-electron chi connectivity index (χ2n) is 6.42. The van der Waals surface area contributed by atoms with Gasteiger partial charge in [-0.2, -0.15) is 0 Å². The molecule has 0 amide bonds. The maximum atomic E-state index is 13.2. The van der Waals surface area contributed by atoms with E-state index < -0.39 is 10.0 Å². The van der Waals surface area contributed by atoms with Crippen molar-refractivity contribution >= 4 is 38.3 Å². The average molecular weight is 471 g/mol. The summed E-state index contributed by atoms with van der Waals surface area (Å²) in [7, 11) is -1.90. The Morgan fingerprint density at radius 2 is 1.88 bits per heavy atom. The van der Waals surface area contributed by atoms with E-state index in [2.05, 4.69) is 40.9 Å². The van der Waals surface area contributed by atoms with Crippen LogP contribution in [0.2, 0.25) is 0 Å². The van der Waals surface area contributed by atoms with Gasteiger partial charge in [0.05, 0.1) is 17.1 Å². The number of sulfonamides is 1. The van der Waals surface area contributed by atoms with E-state index in [4.69, 9.17) is 0 Å². The molecular formula is C19H24IN2O2S+. The number of para-hydroxylation sites is 1. The van der Waals surface area contributed by atoms with Crippen molar-refractivity contribution in [1.82, 2.24) is 0 Å². The zero-order valence-corrected chi connectivity index (χ0v) is 17.5. The molecule has 4 nitrogen and oxygen atoms in total. The van der Waals surface area contributed by atoms with Crippen LogP contribution in [0.5, 0.6) is 0 Å². The molecule has 0 saturated carbocycles. The van der Waals surface area contributed by atoms with Crippen LogP contribution in [-0.2, 0) is 10.0 Å². The van der Waals surface area contributed by atoms with Crippen molar-refractivity contribution in [3.05, 3.63) is 57.2 Å². The Bertz CT molecular complexity index is 867. The van der Waals surface area contributed by atoms with Crippen LogP contribution in [0.4, 0.5) is 5.69 Å². The molecule has 2 N–H and O–H groups in total. The molecule has 0 bridgehead atoms. The lowest BCUT2D eigenvalue weighted by Crippen LogP contribution is -2.85. The summed E-state index contributed by atoms with van der Waals surface area (Å²) in [6, 6.07) is 13.6. The number of quaternary nitrogens is 1. The number of hydrogen-bond donors (Lipinski definition) is 1. The van der Waals surface area contributed by atoms with E-state index in [0.29, 0.717) is 4.90 Å². The summed E-state index contributed by atoms with van der Waals surface area (Å²) in [6.45, 7) is 3.18. The molecule has 1 atom stereocenters. The Morgan fingerprint density at radius 1 is 1.12 bits per heavy atom. The minimum atomic E-state index is -3.55. The number of benzene rings is 2. The van der Waals surface area contributed by atoms with Gasteiger partial charge in [-0.05, 0) is 53.6 Å². The van der Waals surface area contributed by atoms with Gasteiger partial charge in [0.15, 0.2) is 0 Å². The number of nitrogens with zero attached hydrogens (tertiary/aromatic N) is 1. The van der Waals surface area contributed by atoms with E-state index in [9.17, 15) is 8.42 Å². The maximum Gasteiger partial charge on any atom is 0.264 e. The normalized spacial score (nSPS) is 18.4. The van der Waals surface area contributed by atoms with Gasteiger partial charge in [-0.15, -0.1) is 0 Å². The number of rotatable bonds is 5. The highest BCUT2D eigenvalue weighted by Gasteiger charge is 2.36. The molecule has 134 valence electrons. The van der Waals surface area contributed by atoms with Gasteiger partial charge in [-0.1, -0.05) is 37.6 Å². The monoisotopic (exact) mass is 471 g/mol. The zero-order chi connectivity index (χ0) is 18.0. The van der Waals surface area contributed by atoms with E-state index in [1.807, 2.05) is 30.3 Å². The first-order chi connectivity index (χ1) is 12.0.